The number of nitrogens with zero attached hydrogens (tertiary/aromatic N) is 1. The van der Waals surface area contributed by atoms with Crippen molar-refractivity contribution in [1.82, 2.24) is 4.98 Å². The number of aromatic nitrogens is 1. The first-order valence-electron chi connectivity index (χ1n) is 5.19. The van der Waals surface area contributed by atoms with Crippen molar-refractivity contribution in [2.24, 2.45) is 0 Å². The Balaban J connectivity index is 2.16. The second kappa shape index (κ2) is 5.14. The highest BCUT2D eigenvalue weighted by atomic mass is 79.9. The van der Waals surface area contributed by atoms with E-state index in [1.54, 1.807) is 17.4 Å². The van der Waals surface area contributed by atoms with Crippen molar-refractivity contribution < 1.29 is 4.39 Å². The van der Waals surface area contributed by atoms with Gasteiger partial charge in [-0.15, -0.1) is 11.3 Å². The van der Waals surface area contributed by atoms with Gasteiger partial charge >= 0.3 is 0 Å². The Bertz CT molecular complexity index is 527. The molecule has 0 radical (unpaired) electrons. The largest absolute Gasteiger partial charge is 0.378 e. The van der Waals surface area contributed by atoms with Crippen LogP contribution < -0.4 is 5.32 Å². The van der Waals surface area contributed by atoms with Crippen LogP contribution in [0.2, 0.25) is 0 Å². The molecule has 1 aromatic heterocycles. The lowest BCUT2D eigenvalue weighted by Crippen LogP contribution is -2.06. The van der Waals surface area contributed by atoms with Crippen molar-refractivity contribution in [1.29, 1.82) is 0 Å². The zero-order valence-electron chi connectivity index (χ0n) is 9.50. The molecule has 1 unspecified atom stereocenters. The molecule has 1 aromatic carbocycles. The molecule has 2 nitrogen and oxygen atoms in total. The fourth-order valence-electron chi connectivity index (χ4n) is 1.63. The van der Waals surface area contributed by atoms with Gasteiger partial charge in [0.2, 0.25) is 0 Å². The number of hydrogen-bond donors (Lipinski definition) is 1. The van der Waals surface area contributed by atoms with Crippen LogP contribution in [-0.2, 0) is 0 Å². The van der Waals surface area contributed by atoms with Crippen molar-refractivity contribution in [3.63, 3.8) is 0 Å². The molecule has 1 atom stereocenters. The lowest BCUT2D eigenvalue weighted by atomic mass is 10.2. The van der Waals surface area contributed by atoms with Crippen molar-refractivity contribution in [3.8, 4) is 0 Å². The Morgan fingerprint density at radius 1 is 1.47 bits per heavy atom. The van der Waals surface area contributed by atoms with Gasteiger partial charge < -0.3 is 5.32 Å². The molecule has 5 heteroatoms. The zero-order valence-corrected chi connectivity index (χ0v) is 11.9. The molecule has 0 spiro atoms. The Morgan fingerprint density at radius 3 is 2.82 bits per heavy atom. The van der Waals surface area contributed by atoms with Gasteiger partial charge in [-0.25, -0.2) is 9.37 Å². The predicted octanol–water partition coefficient (Wildman–Crippen LogP) is 4.53. The molecule has 0 saturated heterocycles. The maximum Gasteiger partial charge on any atom is 0.139 e. The fraction of sp³-hybridized carbons (Fsp3) is 0.250. The predicted molar refractivity (Wildman–Crippen MR) is 73.0 cm³/mol. The lowest BCUT2D eigenvalue weighted by molar-refractivity contribution is 0.621. The van der Waals surface area contributed by atoms with Crippen molar-refractivity contribution in [2.75, 3.05) is 5.32 Å². The van der Waals surface area contributed by atoms with E-state index < -0.39 is 0 Å². The summed E-state index contributed by atoms with van der Waals surface area (Å²) >= 11 is 4.74. The Kier molecular flexibility index (Phi) is 3.79. The number of benzene rings is 1. The van der Waals surface area contributed by atoms with Crippen LogP contribution in [0.4, 0.5) is 10.1 Å². The fourth-order valence-corrected chi connectivity index (χ4v) is 2.69. The van der Waals surface area contributed by atoms with Gasteiger partial charge in [-0.3, -0.25) is 0 Å². The Labute approximate surface area is 112 Å². The first-order valence-corrected chi connectivity index (χ1v) is 6.86. The van der Waals surface area contributed by atoms with Gasteiger partial charge in [-0.2, -0.15) is 0 Å². The van der Waals surface area contributed by atoms with Crippen LogP contribution >= 0.6 is 27.3 Å². The average Bonchev–Trinajstić information content (AvgIpc) is 2.70. The van der Waals surface area contributed by atoms with E-state index in [0.29, 0.717) is 4.47 Å². The van der Waals surface area contributed by atoms with Crippen LogP contribution in [0.25, 0.3) is 0 Å². The number of nitrogens with one attached hydrogen (secondary N) is 1. The maximum atomic E-state index is 13.4. The van der Waals surface area contributed by atoms with E-state index in [1.165, 1.54) is 10.9 Å². The molecular formula is C12H12BrFN2S. The molecule has 17 heavy (non-hydrogen) atoms. The van der Waals surface area contributed by atoms with Crippen LogP contribution in [0.3, 0.4) is 0 Å². The second-order valence-corrected chi connectivity index (χ2v) is 5.54. The van der Waals surface area contributed by atoms with E-state index in [1.807, 2.05) is 25.4 Å². The number of halogens is 2. The number of aryl methyl sites for hydroxylation is 1. The molecular weight excluding hydrogens is 303 g/mol. The monoisotopic (exact) mass is 314 g/mol. The summed E-state index contributed by atoms with van der Waals surface area (Å²) in [4.78, 5) is 5.38. The number of thiazole rings is 1. The van der Waals surface area contributed by atoms with E-state index >= 15 is 0 Å². The van der Waals surface area contributed by atoms with Gasteiger partial charge in [-0.1, -0.05) is 0 Å². The smallest absolute Gasteiger partial charge is 0.139 e. The minimum absolute atomic E-state index is 0.128. The second-order valence-electron chi connectivity index (χ2n) is 3.80. The summed E-state index contributed by atoms with van der Waals surface area (Å²) < 4.78 is 13.8. The van der Waals surface area contributed by atoms with Gasteiger partial charge in [0.25, 0.3) is 0 Å². The number of anilines is 1. The van der Waals surface area contributed by atoms with Gasteiger partial charge in [0.15, 0.2) is 0 Å². The maximum absolute atomic E-state index is 13.4. The van der Waals surface area contributed by atoms with Gasteiger partial charge in [0.05, 0.1) is 21.7 Å². The topological polar surface area (TPSA) is 24.9 Å². The summed E-state index contributed by atoms with van der Waals surface area (Å²) in [5.41, 5.74) is 3.61. The van der Waals surface area contributed by atoms with Gasteiger partial charge in [0.1, 0.15) is 5.82 Å². The number of rotatable bonds is 3. The quantitative estimate of drug-likeness (QED) is 0.900. The SMILES string of the molecule is Cc1ncsc1C(C)Nc1ccc(Br)c(F)c1. The summed E-state index contributed by atoms with van der Waals surface area (Å²) in [6, 6.07) is 5.16. The molecule has 2 rings (SSSR count). The first kappa shape index (κ1) is 12.5. The third-order valence-corrected chi connectivity index (χ3v) is 4.24. The summed E-state index contributed by atoms with van der Waals surface area (Å²) in [5, 5.41) is 3.26. The zero-order chi connectivity index (χ0) is 12.4. The van der Waals surface area contributed by atoms with E-state index in [9.17, 15) is 4.39 Å². The molecule has 0 aliphatic rings. The van der Waals surface area contributed by atoms with Crippen LogP contribution in [0.1, 0.15) is 23.5 Å². The third kappa shape index (κ3) is 2.84. The van der Waals surface area contributed by atoms with Crippen LogP contribution in [0.5, 0.6) is 0 Å². The van der Waals surface area contributed by atoms with Gasteiger partial charge in [-0.05, 0) is 48.0 Å². The minimum atomic E-state index is -0.261. The highest BCUT2D eigenvalue weighted by Gasteiger charge is 2.11. The molecule has 2 aromatic rings. The van der Waals surface area contributed by atoms with E-state index in [0.717, 1.165) is 11.4 Å². The lowest BCUT2D eigenvalue weighted by Gasteiger charge is -2.14. The van der Waals surface area contributed by atoms with E-state index in [-0.39, 0.29) is 11.9 Å². The normalized spacial score (nSPS) is 12.5. The minimum Gasteiger partial charge on any atom is -0.378 e. The molecule has 0 saturated carbocycles. The third-order valence-electron chi connectivity index (χ3n) is 2.48. The molecule has 0 fully saturated rings. The highest BCUT2D eigenvalue weighted by molar-refractivity contribution is 9.10. The Hall–Kier alpha value is -0.940. The van der Waals surface area contributed by atoms with Crippen LogP contribution in [-0.4, -0.2) is 4.98 Å². The van der Waals surface area contributed by atoms with Crippen molar-refractivity contribution >= 4 is 33.0 Å². The summed E-state index contributed by atoms with van der Waals surface area (Å²) in [7, 11) is 0. The molecule has 90 valence electrons. The highest BCUT2D eigenvalue weighted by Crippen LogP contribution is 2.26. The number of hydrogen-bond acceptors (Lipinski definition) is 3. The Morgan fingerprint density at radius 2 is 2.24 bits per heavy atom. The summed E-state index contributed by atoms with van der Waals surface area (Å²) in [6.07, 6.45) is 0. The molecule has 0 amide bonds. The first-order chi connectivity index (χ1) is 8.08. The standard InChI is InChI=1S/C12H12BrFN2S/c1-7-12(17-6-15-7)8(2)16-9-3-4-10(13)11(14)5-9/h3-6,8,16H,1-2H3. The summed E-state index contributed by atoms with van der Waals surface area (Å²) in [6.45, 7) is 4.02. The van der Waals surface area contributed by atoms with Crippen LogP contribution in [0, 0.1) is 12.7 Å². The average molecular weight is 315 g/mol. The molecule has 0 aliphatic carbocycles. The van der Waals surface area contributed by atoms with Crippen molar-refractivity contribution in [2.45, 2.75) is 19.9 Å². The summed E-state index contributed by atoms with van der Waals surface area (Å²) in [5.74, 6) is -0.261. The van der Waals surface area contributed by atoms with Crippen molar-refractivity contribution in [3.05, 3.63) is 44.6 Å². The molecule has 1 heterocycles. The van der Waals surface area contributed by atoms with E-state index in [2.05, 4.69) is 26.2 Å². The van der Waals surface area contributed by atoms with Crippen LogP contribution in [0.15, 0.2) is 28.2 Å². The van der Waals surface area contributed by atoms with Gasteiger partial charge in [0, 0.05) is 10.6 Å². The van der Waals surface area contributed by atoms with E-state index in [4.69, 9.17) is 0 Å². The molecule has 0 aliphatic heterocycles. The molecule has 0 bridgehead atoms. The molecule has 1 N–H and O–H groups in total.